The van der Waals surface area contributed by atoms with Crippen molar-refractivity contribution in [1.82, 2.24) is 15.2 Å². The molecule has 0 aliphatic rings. The Morgan fingerprint density at radius 1 is 1.17 bits per heavy atom. The van der Waals surface area contributed by atoms with E-state index in [0.29, 0.717) is 16.4 Å². The lowest BCUT2D eigenvalue weighted by atomic mass is 10.1. The second-order valence-electron chi connectivity index (χ2n) is 5.48. The minimum absolute atomic E-state index is 0.175. The zero-order valence-corrected chi connectivity index (χ0v) is 13.6. The lowest BCUT2D eigenvalue weighted by Crippen LogP contribution is -1.99. The molecule has 0 amide bonds. The number of hydrogen-bond acceptors (Lipinski definition) is 4. The maximum absolute atomic E-state index is 11.4. The van der Waals surface area contributed by atoms with E-state index >= 15 is 0 Å². The topological polar surface area (TPSA) is 78.9 Å². The molecule has 4 rings (SSSR count). The van der Waals surface area contributed by atoms with Gasteiger partial charge in [-0.2, -0.15) is 5.10 Å². The highest BCUT2D eigenvalue weighted by molar-refractivity contribution is 7.13. The smallest absolute Gasteiger partial charge is 0.339 e. The van der Waals surface area contributed by atoms with E-state index in [9.17, 15) is 9.90 Å². The summed E-state index contributed by atoms with van der Waals surface area (Å²) in [6.07, 6.45) is 0. The zero-order chi connectivity index (χ0) is 16.7. The van der Waals surface area contributed by atoms with Gasteiger partial charge >= 0.3 is 5.97 Å². The lowest BCUT2D eigenvalue weighted by molar-refractivity contribution is 0.0697. The first-order chi connectivity index (χ1) is 11.6. The van der Waals surface area contributed by atoms with E-state index in [0.717, 1.165) is 16.6 Å². The molecule has 0 fully saturated rings. The van der Waals surface area contributed by atoms with Crippen LogP contribution in [0, 0.1) is 6.92 Å². The maximum atomic E-state index is 11.4. The Kier molecular flexibility index (Phi) is 3.39. The fraction of sp³-hybridized carbons (Fsp3) is 0.0556. The van der Waals surface area contributed by atoms with Crippen LogP contribution in [0.1, 0.15) is 16.1 Å². The quantitative estimate of drug-likeness (QED) is 0.583. The summed E-state index contributed by atoms with van der Waals surface area (Å²) in [5.74, 6) is -1.00. The normalized spacial score (nSPS) is 11.0. The molecule has 2 aromatic carbocycles. The number of benzene rings is 2. The van der Waals surface area contributed by atoms with Gasteiger partial charge in [0.25, 0.3) is 0 Å². The number of carbonyl (C=O) groups is 1. The molecule has 0 aliphatic heterocycles. The summed E-state index contributed by atoms with van der Waals surface area (Å²) < 4.78 is 0. The summed E-state index contributed by atoms with van der Waals surface area (Å²) >= 11 is 1.39. The molecule has 0 bridgehead atoms. The SMILES string of the molecule is Cc1[nH]nc(-c2nc(-c3ccc4ccccc4c3)cs2)c1C(=O)O. The Balaban J connectivity index is 1.78. The average Bonchev–Trinajstić information content (AvgIpc) is 3.21. The third-order valence-electron chi connectivity index (χ3n) is 3.91. The number of carboxylic acids is 1. The highest BCUT2D eigenvalue weighted by Gasteiger charge is 2.21. The molecular weight excluding hydrogens is 322 g/mol. The first kappa shape index (κ1) is 14.6. The summed E-state index contributed by atoms with van der Waals surface area (Å²) in [6, 6.07) is 14.3. The van der Waals surface area contributed by atoms with Crippen LogP contribution in [0.3, 0.4) is 0 Å². The van der Waals surface area contributed by atoms with Crippen LogP contribution in [0.5, 0.6) is 0 Å². The van der Waals surface area contributed by atoms with Gasteiger partial charge in [-0.05, 0) is 23.8 Å². The number of carboxylic acid groups (broad SMARTS) is 1. The van der Waals surface area contributed by atoms with Gasteiger partial charge in [-0.15, -0.1) is 11.3 Å². The number of aryl methyl sites for hydroxylation is 1. The molecule has 0 atom stereocenters. The minimum Gasteiger partial charge on any atom is -0.478 e. The molecule has 0 aliphatic carbocycles. The van der Waals surface area contributed by atoms with Crippen molar-refractivity contribution in [2.24, 2.45) is 0 Å². The van der Waals surface area contributed by atoms with Crippen molar-refractivity contribution in [3.8, 4) is 22.0 Å². The fourth-order valence-electron chi connectivity index (χ4n) is 2.71. The molecule has 0 saturated heterocycles. The summed E-state index contributed by atoms with van der Waals surface area (Å²) in [6.45, 7) is 1.69. The number of nitrogens with zero attached hydrogens (tertiary/aromatic N) is 2. The number of hydrogen-bond donors (Lipinski definition) is 2. The number of H-pyrrole nitrogens is 1. The number of aromatic carboxylic acids is 1. The van der Waals surface area contributed by atoms with E-state index in [1.807, 2.05) is 23.6 Å². The molecule has 5 nitrogen and oxygen atoms in total. The van der Waals surface area contributed by atoms with Crippen LogP contribution in [-0.4, -0.2) is 26.3 Å². The van der Waals surface area contributed by atoms with E-state index in [1.54, 1.807) is 6.92 Å². The molecule has 2 aromatic heterocycles. The standard InChI is InChI=1S/C18H13N3O2S/c1-10-15(18(22)23)16(21-20-10)17-19-14(9-24-17)13-7-6-11-4-2-3-5-12(11)8-13/h2-9H,1H3,(H,20,21)(H,22,23). The van der Waals surface area contributed by atoms with Crippen molar-refractivity contribution in [2.45, 2.75) is 6.92 Å². The number of fused-ring (bicyclic) bond motifs is 1. The second kappa shape index (κ2) is 5.58. The van der Waals surface area contributed by atoms with Crippen LogP contribution in [0.2, 0.25) is 0 Å². The predicted octanol–water partition coefficient (Wildman–Crippen LogP) is 4.36. The van der Waals surface area contributed by atoms with Gasteiger partial charge < -0.3 is 5.11 Å². The molecule has 6 heteroatoms. The molecule has 2 N–H and O–H groups in total. The predicted molar refractivity (Wildman–Crippen MR) is 94.3 cm³/mol. The number of nitrogens with one attached hydrogen (secondary N) is 1. The Labute approximate surface area is 141 Å². The van der Waals surface area contributed by atoms with Crippen molar-refractivity contribution in [2.75, 3.05) is 0 Å². The Morgan fingerprint density at radius 3 is 2.75 bits per heavy atom. The molecule has 2 heterocycles. The molecule has 0 saturated carbocycles. The highest BCUT2D eigenvalue weighted by Crippen LogP contribution is 2.31. The van der Waals surface area contributed by atoms with Gasteiger partial charge in [0.2, 0.25) is 0 Å². The molecule has 0 unspecified atom stereocenters. The average molecular weight is 335 g/mol. The van der Waals surface area contributed by atoms with E-state index in [1.165, 1.54) is 16.7 Å². The minimum atomic E-state index is -1.00. The van der Waals surface area contributed by atoms with Crippen LogP contribution in [0.25, 0.3) is 32.7 Å². The van der Waals surface area contributed by atoms with Crippen molar-refractivity contribution in [1.29, 1.82) is 0 Å². The molecule has 118 valence electrons. The number of aromatic nitrogens is 3. The lowest BCUT2D eigenvalue weighted by Gasteiger charge is -2.00. The van der Waals surface area contributed by atoms with Gasteiger partial charge in [0.1, 0.15) is 16.3 Å². The monoisotopic (exact) mass is 335 g/mol. The summed E-state index contributed by atoms with van der Waals surface area (Å²) in [4.78, 5) is 16.0. The molecule has 0 spiro atoms. The van der Waals surface area contributed by atoms with Gasteiger partial charge in [0.05, 0.1) is 5.69 Å². The van der Waals surface area contributed by atoms with E-state index < -0.39 is 5.97 Å². The second-order valence-corrected chi connectivity index (χ2v) is 6.34. The molecule has 24 heavy (non-hydrogen) atoms. The van der Waals surface area contributed by atoms with Gasteiger partial charge in [-0.25, -0.2) is 9.78 Å². The van der Waals surface area contributed by atoms with E-state index in [-0.39, 0.29) is 5.56 Å². The van der Waals surface area contributed by atoms with Gasteiger partial charge in [0, 0.05) is 16.6 Å². The maximum Gasteiger partial charge on any atom is 0.339 e. The molecule has 0 radical (unpaired) electrons. The van der Waals surface area contributed by atoms with Crippen LogP contribution in [-0.2, 0) is 0 Å². The summed E-state index contributed by atoms with van der Waals surface area (Å²) in [7, 11) is 0. The van der Waals surface area contributed by atoms with Gasteiger partial charge in [-0.1, -0.05) is 36.4 Å². The molecule has 4 aromatic rings. The Bertz CT molecular complexity index is 1070. The summed E-state index contributed by atoms with van der Waals surface area (Å²) in [5.41, 5.74) is 2.91. The van der Waals surface area contributed by atoms with Crippen LogP contribution in [0.15, 0.2) is 47.8 Å². The van der Waals surface area contributed by atoms with Crippen molar-refractivity contribution in [3.05, 3.63) is 59.1 Å². The molecular formula is C18H13N3O2S. The summed E-state index contributed by atoms with van der Waals surface area (Å²) in [5, 5.41) is 21.0. The van der Waals surface area contributed by atoms with Gasteiger partial charge in [-0.3, -0.25) is 5.10 Å². The first-order valence-electron chi connectivity index (χ1n) is 7.37. The third kappa shape index (κ3) is 2.37. The van der Waals surface area contributed by atoms with Crippen molar-refractivity contribution >= 4 is 28.1 Å². The number of rotatable bonds is 3. The van der Waals surface area contributed by atoms with E-state index in [2.05, 4.69) is 39.4 Å². The van der Waals surface area contributed by atoms with Crippen molar-refractivity contribution in [3.63, 3.8) is 0 Å². The first-order valence-corrected chi connectivity index (χ1v) is 8.25. The third-order valence-corrected chi connectivity index (χ3v) is 4.76. The Morgan fingerprint density at radius 2 is 1.96 bits per heavy atom. The van der Waals surface area contributed by atoms with Crippen molar-refractivity contribution < 1.29 is 9.90 Å². The largest absolute Gasteiger partial charge is 0.478 e. The van der Waals surface area contributed by atoms with Crippen LogP contribution >= 0.6 is 11.3 Å². The zero-order valence-electron chi connectivity index (χ0n) is 12.8. The van der Waals surface area contributed by atoms with Crippen LogP contribution in [0.4, 0.5) is 0 Å². The van der Waals surface area contributed by atoms with E-state index in [4.69, 9.17) is 0 Å². The fourth-order valence-corrected chi connectivity index (χ4v) is 3.53. The highest BCUT2D eigenvalue weighted by atomic mass is 32.1. The Hall–Kier alpha value is -2.99. The number of aromatic amines is 1. The number of thiazole rings is 1. The van der Waals surface area contributed by atoms with Gasteiger partial charge in [0.15, 0.2) is 0 Å². The van der Waals surface area contributed by atoms with Crippen LogP contribution < -0.4 is 0 Å².